The number of fused-ring (bicyclic) bond motifs is 14. The normalized spacial score (nSPS) is 28.9. The Morgan fingerprint density at radius 1 is 0.485 bits per heavy atom. The molecule has 706 valence electrons. The second kappa shape index (κ2) is 41.0. The number of carbonyl (C=O) groups is 9. The fourth-order valence-electron chi connectivity index (χ4n) is 16.5. The van der Waals surface area contributed by atoms with Gasteiger partial charge in [0.15, 0.2) is 35.3 Å². The number of benzene rings is 7. The average molecular weight is 1880 g/mol. The van der Waals surface area contributed by atoms with Crippen molar-refractivity contribution in [2.24, 2.45) is 5.73 Å². The van der Waals surface area contributed by atoms with Crippen molar-refractivity contribution in [3.63, 3.8) is 0 Å². The number of hydrogen-bond acceptors (Lipinski definition) is 33. The largest absolute Gasteiger partial charge is 0.508 e. The number of nitrogens with two attached hydrogens (primary N) is 1. The Morgan fingerprint density at radius 3 is 1.66 bits per heavy atom. The second-order valence-corrected chi connectivity index (χ2v) is 33.5. The predicted molar refractivity (Wildman–Crippen MR) is 453 cm³/mol. The zero-order chi connectivity index (χ0) is 94.7. The number of carbonyl (C=O) groups excluding carboxylic acids is 8. The van der Waals surface area contributed by atoms with E-state index >= 15 is 24.0 Å². The SMILES string of the molecule is CCCCCCCCCC(=O)N[C@@H]1C(O)C(O)[C@@H](CO)O[C@H]1Oc1c2cc3cc1Oc1ccc(cc1Cl)[C@@H](O[C@@H]1OC(CO)C(O)C(O)[C@H]1NC(C)=O)[C@@H]1NC(=O)[C@H](NC(=O)[C@@H]3NC(=O)[C@H]3NC(=O)[C@@H](Cc4ccc(c(Cl)c4)O2)NC(=O)[C@H](N)c2ccc(O)c(c2)Oc2cc(O)cc3c2)c2ccc(O)c(c2)-c2c(O[C@H]3O[C@H](CO)[C@@H](O)[C@H](O)[C@@H]3O)cc(O)cc2[C@@H](C(=O)O)NC1=O. The smallest absolute Gasteiger partial charge is 0.330 e. The number of phenolic OH excluding ortho intramolecular Hbond substituents is 4. The van der Waals surface area contributed by atoms with E-state index in [-0.39, 0.29) is 39.8 Å². The van der Waals surface area contributed by atoms with E-state index in [1.54, 1.807) is 0 Å². The Kier molecular flexibility index (Phi) is 29.8. The lowest BCUT2D eigenvalue weighted by atomic mass is 9.89. The molecule has 5 unspecified atom stereocenters. The molecule has 0 aromatic heterocycles. The Balaban J connectivity index is 1.04. The standard InChI is InChI=1S/C88H97Cl2N9O33/c1-3-4-5-6-7-8-9-10-60(108)94-68-74(113)71(110)58(32-101)129-87(68)132-78-55-26-40-27-56(78)126-52-18-14-38(24-47(52)90)77(131-86-67(92-34(2)103)73(112)70(109)57(31-100)128-86)69-84(121)98-66(85(122)123)45-29-42(105)30-54(127-88-76(115)75(114)72(111)59(33-102)130-88)61(45)44-23-37(13-15-49(44)106)63(81(118)99-69)96-83(120)65(40)97-82(119)64-39-21-41(104)28-43(22-39)124-53-25-36(12-16-50(53)107)62(91)80(117)93-48(79(116)95-64)20-35-11-17-51(125-55)46(89)19-35/h11-19,21-30,48,57-59,62-77,86-88,100-102,104-107,109-115H,3-10,20,31-33,91H2,1-2H3,(H,92,103)(H,93,117)(H,94,108)(H,95,116)(H,96,120)(H,97,119)(H,98,121)(H,99,118)(H,122,123)/t48-,57?,58-,59-,62-,63-,64+,65-,66+,67-,68-,69+,70?,71?,72-,73?,74?,75+,76+,77-,86+,87+,88+/m1/s1. The molecule has 9 aliphatic rings. The molecule has 0 aliphatic carbocycles. The van der Waals surface area contributed by atoms with Gasteiger partial charge in [-0.15, -0.1) is 0 Å². The number of hydrogen-bond donors (Lipinski definition) is 24. The summed E-state index contributed by atoms with van der Waals surface area (Å²) < 4.78 is 57.5. The summed E-state index contributed by atoms with van der Waals surface area (Å²) in [6, 6.07) is 0.681. The summed E-state index contributed by atoms with van der Waals surface area (Å²) in [6.45, 7) is -0.110. The van der Waals surface area contributed by atoms with E-state index in [2.05, 4.69) is 49.5 Å². The number of carboxylic acid groups (broad SMARTS) is 1. The monoisotopic (exact) mass is 1880 g/mol. The van der Waals surface area contributed by atoms with Crippen molar-refractivity contribution >= 4 is 76.4 Å². The summed E-state index contributed by atoms with van der Waals surface area (Å²) in [5.41, 5.74) is 2.79. The quantitative estimate of drug-likeness (QED) is 0.0476. The molecule has 16 rings (SSSR count). The highest BCUT2D eigenvalue weighted by Gasteiger charge is 2.52. The lowest BCUT2D eigenvalue weighted by Gasteiger charge is -2.44. The third-order valence-corrected chi connectivity index (χ3v) is 24.0. The van der Waals surface area contributed by atoms with Crippen LogP contribution in [0.5, 0.6) is 69.0 Å². The molecule has 9 aliphatic heterocycles. The molecule has 9 heterocycles. The molecular weight excluding hydrogens is 1780 g/mol. The van der Waals surface area contributed by atoms with Crippen LogP contribution >= 0.6 is 23.2 Å². The number of aliphatic carboxylic acids is 1. The maximum Gasteiger partial charge on any atom is 0.330 e. The average Bonchev–Trinajstić information content (AvgIpc) is 0.759. The Hall–Kier alpha value is -12.1. The number of aliphatic hydroxyl groups excluding tert-OH is 10. The molecule has 7 aromatic carbocycles. The Bertz CT molecular complexity index is 5540. The van der Waals surface area contributed by atoms with Gasteiger partial charge in [0, 0.05) is 48.6 Å². The molecule has 42 nitrogen and oxygen atoms in total. The first-order chi connectivity index (χ1) is 63.0. The van der Waals surface area contributed by atoms with Gasteiger partial charge < -0.3 is 167 Å². The van der Waals surface area contributed by atoms with Gasteiger partial charge in [-0.2, -0.15) is 0 Å². The fourth-order valence-corrected chi connectivity index (χ4v) is 17.0. The molecule has 17 bridgehead atoms. The maximum absolute atomic E-state index is 17.0. The number of amides is 8. The van der Waals surface area contributed by atoms with Gasteiger partial charge in [0.05, 0.1) is 29.9 Å². The fraction of sp³-hybridized carbons (Fsp3) is 0.420. The minimum Gasteiger partial charge on any atom is -0.508 e. The summed E-state index contributed by atoms with van der Waals surface area (Å²) in [5, 5.41) is 190. The Morgan fingerprint density at radius 2 is 1.03 bits per heavy atom. The summed E-state index contributed by atoms with van der Waals surface area (Å²) in [6.07, 6.45) is -23.8. The Labute approximate surface area is 759 Å². The van der Waals surface area contributed by atoms with Crippen LogP contribution in [0, 0.1) is 0 Å². The number of halogens is 2. The van der Waals surface area contributed by atoms with Crippen LogP contribution in [-0.4, -0.2) is 254 Å². The number of ether oxygens (including phenoxy) is 9. The van der Waals surface area contributed by atoms with Gasteiger partial charge in [0.25, 0.3) is 0 Å². The van der Waals surface area contributed by atoms with E-state index in [0.717, 1.165) is 124 Å². The topological polar surface area (TPSA) is 662 Å². The van der Waals surface area contributed by atoms with Crippen LogP contribution in [0.15, 0.2) is 115 Å². The molecule has 3 saturated heterocycles. The zero-order valence-corrected chi connectivity index (χ0v) is 71.6. The number of carboxylic acids is 1. The molecule has 7 aromatic rings. The summed E-state index contributed by atoms with van der Waals surface area (Å²) >= 11 is 14.7. The van der Waals surface area contributed by atoms with E-state index < -0.39 is 316 Å². The highest BCUT2D eigenvalue weighted by molar-refractivity contribution is 6.32. The number of rotatable bonds is 20. The molecule has 44 heteroatoms. The minimum atomic E-state index is -2.59. The molecule has 8 amide bonds. The number of nitrogens with one attached hydrogen (secondary N) is 8. The van der Waals surface area contributed by atoms with E-state index in [4.69, 9.17) is 71.6 Å². The van der Waals surface area contributed by atoms with E-state index in [9.17, 15) is 95.8 Å². The van der Waals surface area contributed by atoms with Gasteiger partial charge in [-0.3, -0.25) is 38.4 Å². The first-order valence-electron chi connectivity index (χ1n) is 42.1. The van der Waals surface area contributed by atoms with Gasteiger partial charge in [0.1, 0.15) is 156 Å². The van der Waals surface area contributed by atoms with Crippen LogP contribution in [0.4, 0.5) is 0 Å². The van der Waals surface area contributed by atoms with Gasteiger partial charge >= 0.3 is 5.97 Å². The minimum absolute atomic E-state index is 0.0272. The molecule has 0 spiro atoms. The van der Waals surface area contributed by atoms with Crippen molar-refractivity contribution < 1.29 is 162 Å². The third-order valence-electron chi connectivity index (χ3n) is 23.5. The molecule has 23 atom stereocenters. The third kappa shape index (κ3) is 20.7. The molecule has 0 saturated carbocycles. The molecular formula is C88H97Cl2N9O33. The van der Waals surface area contributed by atoms with Crippen molar-refractivity contribution in [3.8, 4) is 80.1 Å². The summed E-state index contributed by atoms with van der Waals surface area (Å²) in [5.74, 6) is -19.5. The summed E-state index contributed by atoms with van der Waals surface area (Å²) in [4.78, 5) is 138. The number of aliphatic hydroxyl groups is 10. The zero-order valence-electron chi connectivity index (χ0n) is 70.1. The van der Waals surface area contributed by atoms with Crippen LogP contribution in [0.1, 0.15) is 140 Å². The van der Waals surface area contributed by atoms with Crippen LogP contribution in [0.25, 0.3) is 11.1 Å². The highest BCUT2D eigenvalue weighted by atomic mass is 35.5. The number of aromatic hydroxyl groups is 4. The van der Waals surface area contributed by atoms with E-state index in [0.29, 0.717) is 12.8 Å². The van der Waals surface area contributed by atoms with E-state index in [1.807, 2.05) is 0 Å². The molecule has 25 N–H and O–H groups in total. The molecule has 0 radical (unpaired) electrons. The molecule has 3 fully saturated rings. The highest BCUT2D eigenvalue weighted by Crippen LogP contribution is 2.51. The van der Waals surface area contributed by atoms with Crippen molar-refractivity contribution in [3.05, 3.63) is 164 Å². The van der Waals surface area contributed by atoms with Crippen molar-refractivity contribution in [1.82, 2.24) is 42.5 Å². The van der Waals surface area contributed by atoms with Gasteiger partial charge in [-0.1, -0.05) is 92.9 Å². The number of unbranched alkanes of at least 4 members (excludes halogenated alkanes) is 6. The first kappa shape index (κ1) is 96.0. The van der Waals surface area contributed by atoms with Crippen LogP contribution in [0.3, 0.4) is 0 Å². The maximum atomic E-state index is 17.0. The van der Waals surface area contributed by atoms with E-state index in [1.165, 1.54) is 30.3 Å². The van der Waals surface area contributed by atoms with Crippen LogP contribution in [-0.2, 0) is 68.5 Å². The lowest BCUT2D eigenvalue weighted by molar-refractivity contribution is -0.284. The van der Waals surface area contributed by atoms with Crippen LogP contribution < -0.4 is 72.0 Å². The number of phenols is 4. The van der Waals surface area contributed by atoms with Gasteiger partial charge in [0.2, 0.25) is 65.6 Å². The molecule has 132 heavy (non-hydrogen) atoms. The predicted octanol–water partition coefficient (Wildman–Crippen LogP) is 1.16. The van der Waals surface area contributed by atoms with Crippen molar-refractivity contribution in [2.75, 3.05) is 19.8 Å². The first-order valence-corrected chi connectivity index (χ1v) is 42.9. The van der Waals surface area contributed by atoms with Crippen molar-refractivity contribution in [2.45, 2.75) is 212 Å². The summed E-state index contributed by atoms with van der Waals surface area (Å²) in [7, 11) is 0. The van der Waals surface area contributed by atoms with Gasteiger partial charge in [-0.05, 0) is 119 Å². The van der Waals surface area contributed by atoms with Crippen molar-refractivity contribution in [1.29, 1.82) is 0 Å². The van der Waals surface area contributed by atoms with Crippen LogP contribution in [0.2, 0.25) is 10.0 Å². The van der Waals surface area contributed by atoms with Gasteiger partial charge in [-0.25, -0.2) is 4.79 Å². The lowest BCUT2D eigenvalue weighted by Crippen LogP contribution is -2.65. The second-order valence-electron chi connectivity index (χ2n) is 32.7.